The Kier molecular flexibility index (Phi) is 4.06. The Bertz CT molecular complexity index is 406. The summed E-state index contributed by atoms with van der Waals surface area (Å²) in [6, 6.07) is 5.31. The van der Waals surface area contributed by atoms with E-state index >= 15 is 0 Å². The third-order valence-corrected chi connectivity index (χ3v) is 4.12. The molecule has 0 spiro atoms. The van der Waals surface area contributed by atoms with Crippen molar-refractivity contribution in [2.24, 2.45) is 5.92 Å². The number of aryl methyl sites for hydroxylation is 1. The molecule has 1 heterocycles. The number of hydrogen-bond donors (Lipinski definition) is 1. The summed E-state index contributed by atoms with van der Waals surface area (Å²) in [6.45, 7) is 8.75. The summed E-state index contributed by atoms with van der Waals surface area (Å²) in [5.41, 5.74) is 2.72. The largest absolute Gasteiger partial charge is 0.317 e. The minimum absolute atomic E-state index is 0.120. The number of halogens is 1. The molecule has 0 saturated carbocycles. The molecule has 1 nitrogen and oxygen atoms in total. The van der Waals surface area contributed by atoms with Crippen LogP contribution in [0.15, 0.2) is 18.2 Å². The fourth-order valence-corrected chi connectivity index (χ4v) is 3.49. The Morgan fingerprint density at radius 2 is 1.94 bits per heavy atom. The maximum Gasteiger partial charge on any atom is 0.123 e. The molecular formula is C16H24FN. The first-order valence-electron chi connectivity index (χ1n) is 7.01. The molecule has 0 aliphatic carbocycles. The van der Waals surface area contributed by atoms with Crippen molar-refractivity contribution in [1.29, 1.82) is 0 Å². The topological polar surface area (TPSA) is 12.0 Å². The molecule has 1 fully saturated rings. The minimum Gasteiger partial charge on any atom is -0.317 e. The van der Waals surface area contributed by atoms with Gasteiger partial charge in [0, 0.05) is 0 Å². The molecule has 18 heavy (non-hydrogen) atoms. The third kappa shape index (κ3) is 2.74. The van der Waals surface area contributed by atoms with Gasteiger partial charge in [-0.1, -0.05) is 19.9 Å². The van der Waals surface area contributed by atoms with Gasteiger partial charge in [-0.25, -0.2) is 4.39 Å². The summed E-state index contributed by atoms with van der Waals surface area (Å²) < 4.78 is 13.3. The zero-order valence-electron chi connectivity index (χ0n) is 11.7. The molecule has 0 aromatic heterocycles. The maximum atomic E-state index is 13.3. The van der Waals surface area contributed by atoms with E-state index in [0.29, 0.717) is 5.92 Å². The standard InChI is InChI=1S/C16H24FN/c1-12(2)11-16(6-8-18-9-7-16)15-5-4-14(17)10-13(15)3/h4-5,10,12,18H,6-9,11H2,1-3H3. The summed E-state index contributed by atoms with van der Waals surface area (Å²) in [5, 5.41) is 3.44. The van der Waals surface area contributed by atoms with Crippen LogP contribution in [0.4, 0.5) is 4.39 Å². The second kappa shape index (κ2) is 5.40. The molecule has 0 radical (unpaired) electrons. The van der Waals surface area contributed by atoms with Gasteiger partial charge in [0.05, 0.1) is 0 Å². The van der Waals surface area contributed by atoms with Crippen molar-refractivity contribution >= 4 is 0 Å². The van der Waals surface area contributed by atoms with E-state index in [9.17, 15) is 4.39 Å². The molecule has 2 rings (SSSR count). The Hall–Kier alpha value is -0.890. The SMILES string of the molecule is Cc1cc(F)ccc1C1(CC(C)C)CCNCC1. The average molecular weight is 249 g/mol. The number of piperidine rings is 1. The molecule has 1 aliphatic heterocycles. The van der Waals surface area contributed by atoms with Crippen LogP contribution in [0.3, 0.4) is 0 Å². The Morgan fingerprint density at radius 1 is 1.28 bits per heavy atom. The predicted molar refractivity (Wildman–Crippen MR) is 74.4 cm³/mol. The van der Waals surface area contributed by atoms with Gasteiger partial charge in [0.1, 0.15) is 5.82 Å². The Morgan fingerprint density at radius 3 is 2.50 bits per heavy atom. The van der Waals surface area contributed by atoms with Gasteiger partial charge in [0.15, 0.2) is 0 Å². The smallest absolute Gasteiger partial charge is 0.123 e. The van der Waals surface area contributed by atoms with Crippen LogP contribution in [0.25, 0.3) is 0 Å². The highest BCUT2D eigenvalue weighted by molar-refractivity contribution is 5.34. The first-order chi connectivity index (χ1) is 8.53. The van der Waals surface area contributed by atoms with E-state index < -0.39 is 0 Å². The van der Waals surface area contributed by atoms with Crippen molar-refractivity contribution in [3.05, 3.63) is 35.1 Å². The zero-order chi connectivity index (χ0) is 13.2. The summed E-state index contributed by atoms with van der Waals surface area (Å²) in [7, 11) is 0. The normalized spacial score (nSPS) is 19.2. The van der Waals surface area contributed by atoms with Crippen LogP contribution >= 0.6 is 0 Å². The van der Waals surface area contributed by atoms with E-state index in [1.54, 1.807) is 12.1 Å². The molecule has 0 amide bonds. The van der Waals surface area contributed by atoms with E-state index in [1.165, 1.54) is 12.0 Å². The summed E-state index contributed by atoms with van der Waals surface area (Å²) in [4.78, 5) is 0. The lowest BCUT2D eigenvalue weighted by Crippen LogP contribution is -2.41. The molecule has 100 valence electrons. The fraction of sp³-hybridized carbons (Fsp3) is 0.625. The van der Waals surface area contributed by atoms with Crippen LogP contribution in [0, 0.1) is 18.7 Å². The molecule has 0 atom stereocenters. The molecule has 1 N–H and O–H groups in total. The molecule has 0 unspecified atom stereocenters. The van der Waals surface area contributed by atoms with E-state index in [0.717, 1.165) is 31.5 Å². The summed E-state index contributed by atoms with van der Waals surface area (Å²) in [6.07, 6.45) is 3.52. The predicted octanol–water partition coefficient (Wildman–Crippen LogP) is 3.80. The van der Waals surface area contributed by atoms with Crippen molar-refractivity contribution in [3.63, 3.8) is 0 Å². The molecule has 0 bridgehead atoms. The lowest BCUT2D eigenvalue weighted by molar-refractivity contribution is 0.256. The first kappa shape index (κ1) is 13.5. The zero-order valence-corrected chi connectivity index (χ0v) is 11.7. The lowest BCUT2D eigenvalue weighted by atomic mass is 9.67. The van der Waals surface area contributed by atoms with Gasteiger partial charge in [-0.05, 0) is 73.9 Å². The van der Waals surface area contributed by atoms with Crippen LogP contribution in [0.5, 0.6) is 0 Å². The van der Waals surface area contributed by atoms with Gasteiger partial charge in [-0.3, -0.25) is 0 Å². The van der Waals surface area contributed by atoms with Gasteiger partial charge >= 0.3 is 0 Å². The number of nitrogens with one attached hydrogen (secondary N) is 1. The molecule has 1 aromatic carbocycles. The minimum atomic E-state index is -0.120. The average Bonchev–Trinajstić information content (AvgIpc) is 2.28. The van der Waals surface area contributed by atoms with Crippen molar-refractivity contribution in [3.8, 4) is 0 Å². The molecular weight excluding hydrogens is 225 g/mol. The highest BCUT2D eigenvalue weighted by Gasteiger charge is 2.35. The summed E-state index contributed by atoms with van der Waals surface area (Å²) in [5.74, 6) is 0.553. The van der Waals surface area contributed by atoms with Gasteiger partial charge in [0.2, 0.25) is 0 Å². The lowest BCUT2D eigenvalue weighted by Gasteiger charge is -2.40. The summed E-state index contributed by atoms with van der Waals surface area (Å²) >= 11 is 0. The highest BCUT2D eigenvalue weighted by Crippen LogP contribution is 2.40. The Labute approximate surface area is 110 Å². The molecule has 1 aromatic rings. The second-order valence-corrected chi connectivity index (χ2v) is 6.09. The Balaban J connectivity index is 2.38. The second-order valence-electron chi connectivity index (χ2n) is 6.09. The number of rotatable bonds is 3. The van der Waals surface area contributed by atoms with Crippen LogP contribution in [0.1, 0.15) is 44.2 Å². The number of benzene rings is 1. The van der Waals surface area contributed by atoms with E-state index in [4.69, 9.17) is 0 Å². The van der Waals surface area contributed by atoms with Crippen molar-refractivity contribution in [2.75, 3.05) is 13.1 Å². The van der Waals surface area contributed by atoms with Crippen molar-refractivity contribution in [2.45, 2.75) is 45.4 Å². The van der Waals surface area contributed by atoms with E-state index in [2.05, 4.69) is 19.2 Å². The van der Waals surface area contributed by atoms with Gasteiger partial charge in [-0.2, -0.15) is 0 Å². The molecule has 1 aliphatic rings. The van der Waals surface area contributed by atoms with Gasteiger partial charge in [0.25, 0.3) is 0 Å². The van der Waals surface area contributed by atoms with Crippen LogP contribution in [-0.2, 0) is 5.41 Å². The van der Waals surface area contributed by atoms with Gasteiger partial charge in [-0.15, -0.1) is 0 Å². The number of hydrogen-bond acceptors (Lipinski definition) is 1. The van der Waals surface area contributed by atoms with Crippen molar-refractivity contribution < 1.29 is 4.39 Å². The van der Waals surface area contributed by atoms with Crippen molar-refractivity contribution in [1.82, 2.24) is 5.32 Å². The van der Waals surface area contributed by atoms with Crippen LogP contribution in [0.2, 0.25) is 0 Å². The van der Waals surface area contributed by atoms with Crippen LogP contribution in [-0.4, -0.2) is 13.1 Å². The van der Waals surface area contributed by atoms with E-state index in [1.807, 2.05) is 13.0 Å². The quantitative estimate of drug-likeness (QED) is 0.859. The monoisotopic (exact) mass is 249 g/mol. The molecule has 1 saturated heterocycles. The molecule has 2 heteroatoms. The first-order valence-corrected chi connectivity index (χ1v) is 7.01. The van der Waals surface area contributed by atoms with Crippen LogP contribution < -0.4 is 5.32 Å². The highest BCUT2D eigenvalue weighted by atomic mass is 19.1. The van der Waals surface area contributed by atoms with E-state index in [-0.39, 0.29) is 11.2 Å². The maximum absolute atomic E-state index is 13.3. The third-order valence-electron chi connectivity index (χ3n) is 4.12. The van der Waals surface area contributed by atoms with Gasteiger partial charge < -0.3 is 5.32 Å². The fourth-order valence-electron chi connectivity index (χ4n) is 3.49.